The summed E-state index contributed by atoms with van der Waals surface area (Å²) in [5.74, 6) is -3.63. The fourth-order valence-electron chi connectivity index (χ4n) is 1.52. The zero-order chi connectivity index (χ0) is 11.6. The van der Waals surface area contributed by atoms with Crippen molar-refractivity contribution in [1.82, 2.24) is 4.90 Å². The van der Waals surface area contributed by atoms with E-state index in [1.165, 1.54) is 11.8 Å². The Hall–Kier alpha value is -1.59. The summed E-state index contributed by atoms with van der Waals surface area (Å²) in [4.78, 5) is 33.8. The topological polar surface area (TPSA) is 94.9 Å². The van der Waals surface area contributed by atoms with Gasteiger partial charge in [0.1, 0.15) is 0 Å². The molecule has 0 saturated carbocycles. The molecule has 6 nitrogen and oxygen atoms in total. The Labute approximate surface area is 86.5 Å². The van der Waals surface area contributed by atoms with Crippen molar-refractivity contribution in [3.63, 3.8) is 0 Å². The number of likely N-dealkylation sites (tertiary alicyclic amines) is 1. The molecule has 1 aliphatic rings. The maximum absolute atomic E-state index is 11.3. The van der Waals surface area contributed by atoms with E-state index in [1.807, 2.05) is 0 Å². The summed E-state index contributed by atoms with van der Waals surface area (Å²) in [5, 5.41) is 17.3. The van der Waals surface area contributed by atoms with Crippen molar-refractivity contribution in [3.8, 4) is 0 Å². The minimum atomic E-state index is -1.01. The Morgan fingerprint density at radius 2 is 2.13 bits per heavy atom. The third-order valence-corrected chi connectivity index (χ3v) is 2.48. The Morgan fingerprint density at radius 1 is 1.53 bits per heavy atom. The molecule has 1 heterocycles. The zero-order valence-corrected chi connectivity index (χ0v) is 8.34. The van der Waals surface area contributed by atoms with Gasteiger partial charge in [-0.3, -0.25) is 14.4 Å². The number of carbonyl (C=O) groups excluding carboxylic acids is 1. The molecule has 0 aromatic rings. The molecule has 1 amide bonds. The molecular weight excluding hydrogens is 202 g/mol. The van der Waals surface area contributed by atoms with E-state index in [9.17, 15) is 14.4 Å². The first kappa shape index (κ1) is 11.5. The second kappa shape index (κ2) is 4.29. The summed E-state index contributed by atoms with van der Waals surface area (Å²) < 4.78 is 0. The zero-order valence-electron chi connectivity index (χ0n) is 8.34. The lowest BCUT2D eigenvalue weighted by atomic mass is 10.1. The molecule has 6 heteroatoms. The van der Waals surface area contributed by atoms with Crippen LogP contribution in [0.4, 0.5) is 0 Å². The molecule has 0 radical (unpaired) electrons. The number of carbonyl (C=O) groups is 3. The highest BCUT2D eigenvalue weighted by Crippen LogP contribution is 2.19. The van der Waals surface area contributed by atoms with Crippen LogP contribution in [0.1, 0.15) is 13.3 Å². The number of hydrogen-bond acceptors (Lipinski definition) is 3. The Morgan fingerprint density at radius 3 is 2.53 bits per heavy atom. The molecule has 0 bridgehead atoms. The van der Waals surface area contributed by atoms with Gasteiger partial charge in [-0.2, -0.15) is 0 Å². The van der Waals surface area contributed by atoms with Crippen LogP contribution in [0.2, 0.25) is 0 Å². The Balaban J connectivity index is 2.54. The first-order chi connectivity index (χ1) is 6.91. The van der Waals surface area contributed by atoms with Gasteiger partial charge in [0.2, 0.25) is 5.91 Å². The maximum atomic E-state index is 11.3. The fraction of sp³-hybridized carbons (Fsp3) is 0.667. The van der Waals surface area contributed by atoms with E-state index in [4.69, 9.17) is 10.2 Å². The molecule has 1 saturated heterocycles. The van der Waals surface area contributed by atoms with Crippen molar-refractivity contribution in [1.29, 1.82) is 0 Å². The van der Waals surface area contributed by atoms with Crippen LogP contribution in [-0.2, 0) is 14.4 Å². The minimum Gasteiger partial charge on any atom is -0.481 e. The SMILES string of the molecule is CC(CN1CC(C(=O)O)CC1=O)C(=O)O. The average molecular weight is 215 g/mol. The van der Waals surface area contributed by atoms with Crippen LogP contribution in [0.25, 0.3) is 0 Å². The van der Waals surface area contributed by atoms with Crippen LogP contribution in [0, 0.1) is 11.8 Å². The smallest absolute Gasteiger partial charge is 0.308 e. The van der Waals surface area contributed by atoms with E-state index in [1.54, 1.807) is 0 Å². The molecule has 1 aliphatic heterocycles. The molecule has 15 heavy (non-hydrogen) atoms. The van der Waals surface area contributed by atoms with Crippen LogP contribution in [0.15, 0.2) is 0 Å². The highest BCUT2D eigenvalue weighted by atomic mass is 16.4. The molecule has 0 spiro atoms. The van der Waals surface area contributed by atoms with Gasteiger partial charge in [-0.1, -0.05) is 6.92 Å². The van der Waals surface area contributed by atoms with E-state index >= 15 is 0 Å². The van der Waals surface area contributed by atoms with Crippen molar-refractivity contribution in [2.24, 2.45) is 11.8 Å². The van der Waals surface area contributed by atoms with Gasteiger partial charge >= 0.3 is 11.9 Å². The van der Waals surface area contributed by atoms with Gasteiger partial charge in [0.05, 0.1) is 11.8 Å². The molecule has 1 rings (SSSR count). The molecule has 2 atom stereocenters. The van der Waals surface area contributed by atoms with Crippen molar-refractivity contribution >= 4 is 17.8 Å². The lowest BCUT2D eigenvalue weighted by Gasteiger charge is -2.18. The molecular formula is C9H13NO5. The minimum absolute atomic E-state index is 0.0261. The van der Waals surface area contributed by atoms with E-state index in [0.717, 1.165) is 0 Å². The molecule has 84 valence electrons. The monoisotopic (exact) mass is 215 g/mol. The van der Waals surface area contributed by atoms with Gasteiger partial charge in [0, 0.05) is 19.5 Å². The van der Waals surface area contributed by atoms with E-state index in [0.29, 0.717) is 0 Å². The summed E-state index contributed by atoms with van der Waals surface area (Å²) in [6.45, 7) is 1.69. The van der Waals surface area contributed by atoms with Crippen LogP contribution in [0.3, 0.4) is 0 Å². The summed E-state index contributed by atoms with van der Waals surface area (Å²) >= 11 is 0. The first-order valence-electron chi connectivity index (χ1n) is 4.65. The number of carboxylic acid groups (broad SMARTS) is 2. The number of rotatable bonds is 4. The normalized spacial score (nSPS) is 22.9. The van der Waals surface area contributed by atoms with Crippen LogP contribution in [0.5, 0.6) is 0 Å². The van der Waals surface area contributed by atoms with Crippen LogP contribution in [-0.4, -0.2) is 46.0 Å². The average Bonchev–Trinajstić information content (AvgIpc) is 2.47. The van der Waals surface area contributed by atoms with Crippen molar-refractivity contribution in [2.75, 3.05) is 13.1 Å². The second-order valence-corrected chi connectivity index (χ2v) is 3.78. The predicted octanol–water partition coefficient (Wildman–Crippen LogP) is -0.360. The number of amides is 1. The Kier molecular flexibility index (Phi) is 3.28. The van der Waals surface area contributed by atoms with E-state index < -0.39 is 23.8 Å². The van der Waals surface area contributed by atoms with Crippen LogP contribution < -0.4 is 0 Å². The summed E-state index contributed by atoms with van der Waals surface area (Å²) in [6, 6.07) is 0. The van der Waals surface area contributed by atoms with Crippen LogP contribution >= 0.6 is 0 Å². The summed E-state index contributed by atoms with van der Waals surface area (Å²) in [6.07, 6.45) is -0.0261. The summed E-state index contributed by atoms with van der Waals surface area (Å²) in [5.41, 5.74) is 0. The van der Waals surface area contributed by atoms with Crippen molar-refractivity contribution in [2.45, 2.75) is 13.3 Å². The molecule has 1 fully saturated rings. The predicted molar refractivity (Wildman–Crippen MR) is 49.1 cm³/mol. The number of nitrogens with zero attached hydrogens (tertiary/aromatic N) is 1. The molecule has 0 aliphatic carbocycles. The lowest BCUT2D eigenvalue weighted by Crippen LogP contribution is -2.33. The molecule has 0 aromatic heterocycles. The standard InChI is InChI=1S/C9H13NO5/c1-5(8(12)13)3-10-4-6(9(14)15)2-7(10)11/h5-6H,2-4H2,1H3,(H,12,13)(H,14,15). The van der Waals surface area contributed by atoms with E-state index in [2.05, 4.69) is 0 Å². The third kappa shape index (κ3) is 2.68. The molecule has 2 unspecified atom stereocenters. The van der Waals surface area contributed by atoms with Crippen molar-refractivity contribution in [3.05, 3.63) is 0 Å². The van der Waals surface area contributed by atoms with Crippen molar-refractivity contribution < 1.29 is 24.6 Å². The largest absolute Gasteiger partial charge is 0.481 e. The maximum Gasteiger partial charge on any atom is 0.308 e. The first-order valence-corrected chi connectivity index (χ1v) is 4.65. The molecule has 2 N–H and O–H groups in total. The summed E-state index contributed by atoms with van der Waals surface area (Å²) in [7, 11) is 0. The quantitative estimate of drug-likeness (QED) is 0.667. The van der Waals surface area contributed by atoms with Gasteiger partial charge in [0.25, 0.3) is 0 Å². The number of carboxylic acids is 2. The highest BCUT2D eigenvalue weighted by molar-refractivity contribution is 5.86. The Bertz CT molecular complexity index is 301. The fourth-order valence-corrected chi connectivity index (χ4v) is 1.52. The van der Waals surface area contributed by atoms with E-state index in [-0.39, 0.29) is 25.4 Å². The van der Waals surface area contributed by atoms with Gasteiger partial charge in [-0.15, -0.1) is 0 Å². The third-order valence-electron chi connectivity index (χ3n) is 2.48. The molecule has 0 aromatic carbocycles. The lowest BCUT2D eigenvalue weighted by molar-refractivity contribution is -0.142. The van der Waals surface area contributed by atoms with Gasteiger partial charge in [-0.05, 0) is 0 Å². The van der Waals surface area contributed by atoms with Gasteiger partial charge in [-0.25, -0.2) is 0 Å². The number of hydrogen-bond donors (Lipinski definition) is 2. The highest BCUT2D eigenvalue weighted by Gasteiger charge is 2.35. The number of aliphatic carboxylic acids is 2. The van der Waals surface area contributed by atoms with Gasteiger partial charge < -0.3 is 15.1 Å². The second-order valence-electron chi connectivity index (χ2n) is 3.78. The van der Waals surface area contributed by atoms with Gasteiger partial charge in [0.15, 0.2) is 0 Å².